The quantitative estimate of drug-likeness (QED) is 0.842. The lowest BCUT2D eigenvalue weighted by molar-refractivity contribution is 0.232. The van der Waals surface area contributed by atoms with E-state index >= 15 is 0 Å². The van der Waals surface area contributed by atoms with Crippen molar-refractivity contribution in [1.82, 2.24) is 0 Å². The summed E-state index contributed by atoms with van der Waals surface area (Å²) in [4.78, 5) is 0.614. The molecule has 1 fully saturated rings. The van der Waals surface area contributed by atoms with Gasteiger partial charge in [-0.2, -0.15) is 5.26 Å². The number of anilines is 2. The number of nitrogens with one attached hydrogen (secondary N) is 1. The third-order valence-corrected chi connectivity index (χ3v) is 4.53. The number of nitriles is 1. The van der Waals surface area contributed by atoms with Crippen molar-refractivity contribution in [1.29, 1.82) is 5.26 Å². The van der Waals surface area contributed by atoms with E-state index in [2.05, 4.69) is 25.2 Å². The minimum atomic E-state index is 0.491. The molecule has 1 saturated carbocycles. The van der Waals surface area contributed by atoms with Gasteiger partial charge in [0.2, 0.25) is 0 Å². The largest absolute Gasteiger partial charge is 0.397 e. The fourth-order valence-electron chi connectivity index (χ4n) is 2.31. The SMILES string of the molecule is CC1(C)CCC(Nc2cc(N)c(C#N)s2)CC1. The van der Waals surface area contributed by atoms with Crippen LogP contribution in [0.3, 0.4) is 0 Å². The van der Waals surface area contributed by atoms with E-state index in [4.69, 9.17) is 11.0 Å². The Labute approximate surface area is 107 Å². The molecule has 0 bridgehead atoms. The van der Waals surface area contributed by atoms with Gasteiger partial charge in [0.05, 0.1) is 10.7 Å². The Balaban J connectivity index is 1.96. The lowest BCUT2D eigenvalue weighted by Gasteiger charge is -2.34. The number of nitrogens with two attached hydrogens (primary N) is 1. The van der Waals surface area contributed by atoms with Crippen LogP contribution in [0.5, 0.6) is 0 Å². The average Bonchev–Trinajstić information content (AvgIpc) is 2.62. The molecule has 0 aromatic carbocycles. The van der Waals surface area contributed by atoms with Crippen LogP contribution >= 0.6 is 11.3 Å². The summed E-state index contributed by atoms with van der Waals surface area (Å²) >= 11 is 1.46. The lowest BCUT2D eigenvalue weighted by atomic mass is 9.76. The molecule has 1 aromatic heterocycles. The molecule has 2 rings (SSSR count). The van der Waals surface area contributed by atoms with Gasteiger partial charge in [0.1, 0.15) is 10.9 Å². The maximum atomic E-state index is 8.86. The maximum absolute atomic E-state index is 8.86. The van der Waals surface area contributed by atoms with E-state index in [9.17, 15) is 0 Å². The van der Waals surface area contributed by atoms with E-state index in [-0.39, 0.29) is 0 Å². The molecule has 0 amide bonds. The number of rotatable bonds is 2. The first kappa shape index (κ1) is 12.3. The highest BCUT2D eigenvalue weighted by molar-refractivity contribution is 7.17. The fraction of sp³-hybridized carbons (Fsp3) is 0.615. The molecule has 0 atom stereocenters. The lowest BCUT2D eigenvalue weighted by Crippen LogP contribution is -2.29. The summed E-state index contributed by atoms with van der Waals surface area (Å²) in [5.41, 5.74) is 6.83. The second-order valence-electron chi connectivity index (χ2n) is 5.59. The number of hydrogen-bond acceptors (Lipinski definition) is 4. The first-order valence-electron chi connectivity index (χ1n) is 6.06. The minimum absolute atomic E-state index is 0.491. The molecule has 3 N–H and O–H groups in total. The van der Waals surface area contributed by atoms with Gasteiger partial charge in [0.25, 0.3) is 0 Å². The van der Waals surface area contributed by atoms with Crippen LogP contribution in [0.1, 0.15) is 44.4 Å². The fourth-order valence-corrected chi connectivity index (χ4v) is 3.16. The van der Waals surface area contributed by atoms with Gasteiger partial charge in [-0.25, -0.2) is 0 Å². The highest BCUT2D eigenvalue weighted by atomic mass is 32.1. The highest BCUT2D eigenvalue weighted by Crippen LogP contribution is 2.37. The Hall–Kier alpha value is -1.21. The molecule has 17 heavy (non-hydrogen) atoms. The predicted molar refractivity (Wildman–Crippen MR) is 73.1 cm³/mol. The molecule has 3 nitrogen and oxygen atoms in total. The molecule has 1 aliphatic rings. The van der Waals surface area contributed by atoms with Crippen LogP contribution < -0.4 is 11.1 Å². The highest BCUT2D eigenvalue weighted by Gasteiger charge is 2.26. The van der Waals surface area contributed by atoms with Crippen LogP contribution in [0, 0.1) is 16.7 Å². The molecule has 4 heteroatoms. The van der Waals surface area contributed by atoms with Crippen LogP contribution in [0.2, 0.25) is 0 Å². The first-order chi connectivity index (χ1) is 8.00. The van der Waals surface area contributed by atoms with Gasteiger partial charge < -0.3 is 11.1 Å². The van der Waals surface area contributed by atoms with Crippen molar-refractivity contribution in [3.8, 4) is 6.07 Å². The van der Waals surface area contributed by atoms with E-state index in [1.165, 1.54) is 37.0 Å². The topological polar surface area (TPSA) is 61.8 Å². The zero-order valence-corrected chi connectivity index (χ0v) is 11.2. The second kappa shape index (κ2) is 4.58. The molecule has 92 valence electrons. The predicted octanol–water partition coefficient (Wildman–Crippen LogP) is 3.58. The Bertz CT molecular complexity index is 432. The van der Waals surface area contributed by atoms with Gasteiger partial charge in [-0.05, 0) is 37.2 Å². The average molecular weight is 249 g/mol. The van der Waals surface area contributed by atoms with Gasteiger partial charge in [0, 0.05) is 6.04 Å². The van der Waals surface area contributed by atoms with Crippen molar-refractivity contribution in [2.45, 2.75) is 45.6 Å². The van der Waals surface area contributed by atoms with Crippen molar-refractivity contribution in [2.24, 2.45) is 5.41 Å². The van der Waals surface area contributed by atoms with Crippen LogP contribution in [0.25, 0.3) is 0 Å². The summed E-state index contributed by atoms with van der Waals surface area (Å²) in [5, 5.41) is 13.4. The van der Waals surface area contributed by atoms with Gasteiger partial charge in [-0.1, -0.05) is 13.8 Å². The summed E-state index contributed by atoms with van der Waals surface area (Å²) in [6, 6.07) is 4.53. The van der Waals surface area contributed by atoms with Crippen molar-refractivity contribution in [3.63, 3.8) is 0 Å². The molecule has 0 unspecified atom stereocenters. The van der Waals surface area contributed by atoms with Crippen molar-refractivity contribution in [3.05, 3.63) is 10.9 Å². The van der Waals surface area contributed by atoms with Crippen LogP contribution in [0.15, 0.2) is 6.07 Å². The summed E-state index contributed by atoms with van der Waals surface area (Å²) in [6.07, 6.45) is 4.92. The Morgan fingerprint density at radius 1 is 1.47 bits per heavy atom. The van der Waals surface area contributed by atoms with Gasteiger partial charge in [0.15, 0.2) is 0 Å². The van der Waals surface area contributed by atoms with Gasteiger partial charge in [-0.3, -0.25) is 0 Å². The molecular weight excluding hydrogens is 230 g/mol. The normalized spacial score (nSPS) is 19.8. The summed E-state index contributed by atoms with van der Waals surface area (Å²) in [6.45, 7) is 4.67. The van der Waals surface area contributed by atoms with Crippen molar-refractivity contribution in [2.75, 3.05) is 11.1 Å². The smallest absolute Gasteiger partial charge is 0.129 e. The van der Waals surface area contributed by atoms with Crippen LogP contribution in [0.4, 0.5) is 10.7 Å². The van der Waals surface area contributed by atoms with Crippen molar-refractivity contribution < 1.29 is 0 Å². The molecular formula is C13H19N3S. The molecule has 1 aromatic rings. The van der Waals surface area contributed by atoms with Gasteiger partial charge in [-0.15, -0.1) is 11.3 Å². The van der Waals surface area contributed by atoms with E-state index < -0.39 is 0 Å². The number of thiophene rings is 1. The monoisotopic (exact) mass is 249 g/mol. The number of nitrogen functional groups attached to an aromatic ring is 1. The van der Waals surface area contributed by atoms with E-state index in [0.717, 1.165) is 5.00 Å². The van der Waals surface area contributed by atoms with E-state index in [1.807, 2.05) is 6.07 Å². The second-order valence-corrected chi connectivity index (χ2v) is 6.64. The molecule has 0 spiro atoms. The summed E-state index contributed by atoms with van der Waals surface area (Å²) < 4.78 is 0. The molecule has 1 aliphatic carbocycles. The standard InChI is InChI=1S/C13H19N3S/c1-13(2)5-3-9(4-6-13)16-12-7-10(15)11(8-14)17-12/h7,9,16H,3-6,15H2,1-2H3. The first-order valence-corrected chi connectivity index (χ1v) is 6.88. The number of hydrogen-bond donors (Lipinski definition) is 2. The van der Waals surface area contributed by atoms with Crippen molar-refractivity contribution >= 4 is 22.0 Å². The Morgan fingerprint density at radius 3 is 2.65 bits per heavy atom. The molecule has 0 aliphatic heterocycles. The zero-order valence-electron chi connectivity index (χ0n) is 10.4. The van der Waals surface area contributed by atoms with E-state index in [0.29, 0.717) is 22.0 Å². The zero-order chi connectivity index (χ0) is 12.5. The maximum Gasteiger partial charge on any atom is 0.129 e. The number of nitrogens with zero attached hydrogens (tertiary/aromatic N) is 1. The third kappa shape index (κ3) is 2.92. The third-order valence-electron chi connectivity index (χ3n) is 3.55. The minimum Gasteiger partial charge on any atom is -0.397 e. The Morgan fingerprint density at radius 2 is 2.12 bits per heavy atom. The Kier molecular flexibility index (Phi) is 3.30. The van der Waals surface area contributed by atoms with Crippen LogP contribution in [-0.2, 0) is 0 Å². The molecule has 0 saturated heterocycles. The molecule has 1 heterocycles. The van der Waals surface area contributed by atoms with E-state index in [1.54, 1.807) is 0 Å². The van der Waals surface area contributed by atoms with Gasteiger partial charge >= 0.3 is 0 Å². The summed E-state index contributed by atoms with van der Waals surface area (Å²) in [5.74, 6) is 0. The van der Waals surface area contributed by atoms with Crippen LogP contribution in [-0.4, -0.2) is 6.04 Å². The summed E-state index contributed by atoms with van der Waals surface area (Å²) in [7, 11) is 0. The molecule has 0 radical (unpaired) electrons.